The lowest BCUT2D eigenvalue weighted by Gasteiger charge is -2.10. The number of esters is 1. The fourth-order valence-corrected chi connectivity index (χ4v) is 1.39. The largest absolute Gasteiger partial charge is 0.466 e. The second-order valence-corrected chi connectivity index (χ2v) is 3.51. The van der Waals surface area contributed by atoms with E-state index in [0.29, 0.717) is 11.3 Å². The van der Waals surface area contributed by atoms with E-state index in [-0.39, 0.29) is 24.7 Å². The molecule has 0 aliphatic rings. The Morgan fingerprint density at radius 1 is 1.50 bits per heavy atom. The van der Waals surface area contributed by atoms with Gasteiger partial charge in [0.15, 0.2) is 6.61 Å². The van der Waals surface area contributed by atoms with E-state index in [1.165, 1.54) is 14.2 Å². The molecule has 6 heteroatoms. The molecule has 0 aliphatic carbocycles. The maximum absolute atomic E-state index is 11.0. The van der Waals surface area contributed by atoms with E-state index < -0.39 is 5.97 Å². The van der Waals surface area contributed by atoms with Crippen LogP contribution in [0.2, 0.25) is 0 Å². The zero-order valence-corrected chi connectivity index (χ0v) is 10.5. The highest BCUT2D eigenvalue weighted by Crippen LogP contribution is 2.21. The van der Waals surface area contributed by atoms with Crippen LogP contribution in [0.1, 0.15) is 16.8 Å². The van der Waals surface area contributed by atoms with Gasteiger partial charge in [0.1, 0.15) is 11.6 Å². The summed E-state index contributed by atoms with van der Waals surface area (Å²) in [7, 11) is 2.79. The van der Waals surface area contributed by atoms with Crippen molar-refractivity contribution in [2.75, 3.05) is 20.8 Å². The van der Waals surface area contributed by atoms with Gasteiger partial charge in [0, 0.05) is 18.4 Å². The third kappa shape index (κ3) is 3.43. The number of carbonyl (C=O) groups is 1. The minimum atomic E-state index is -0.532. The third-order valence-corrected chi connectivity index (χ3v) is 2.16. The summed E-state index contributed by atoms with van der Waals surface area (Å²) in [6, 6.07) is 3.74. The molecule has 0 amide bonds. The van der Waals surface area contributed by atoms with Gasteiger partial charge in [0.25, 0.3) is 0 Å². The number of hydrogen-bond donors (Lipinski definition) is 0. The van der Waals surface area contributed by atoms with Gasteiger partial charge >= 0.3 is 5.97 Å². The monoisotopic (exact) mass is 250 g/mol. The van der Waals surface area contributed by atoms with E-state index in [2.05, 4.69) is 9.72 Å². The van der Waals surface area contributed by atoms with Crippen LogP contribution in [0.15, 0.2) is 6.07 Å². The first-order valence-electron chi connectivity index (χ1n) is 5.21. The van der Waals surface area contributed by atoms with Gasteiger partial charge < -0.3 is 14.2 Å². The molecule has 0 saturated carbocycles. The van der Waals surface area contributed by atoms with E-state index >= 15 is 0 Å². The van der Waals surface area contributed by atoms with Crippen LogP contribution in [-0.4, -0.2) is 31.8 Å². The van der Waals surface area contributed by atoms with Gasteiger partial charge in [0.2, 0.25) is 5.88 Å². The van der Waals surface area contributed by atoms with E-state index in [1.807, 2.05) is 6.07 Å². The van der Waals surface area contributed by atoms with Crippen molar-refractivity contribution in [3.05, 3.63) is 22.9 Å². The number of rotatable bonds is 5. The summed E-state index contributed by atoms with van der Waals surface area (Å²) in [5.74, 6) is -0.412. The maximum atomic E-state index is 11.0. The molecule has 0 N–H and O–H groups in total. The van der Waals surface area contributed by atoms with Crippen molar-refractivity contribution >= 4 is 5.97 Å². The Bertz CT molecular complexity index is 480. The van der Waals surface area contributed by atoms with Crippen LogP contribution in [0, 0.1) is 18.3 Å². The van der Waals surface area contributed by atoms with Crippen molar-refractivity contribution in [2.24, 2.45) is 0 Å². The molecule has 1 aromatic heterocycles. The number of carbonyl (C=O) groups excluding carboxylic acids is 1. The first kappa shape index (κ1) is 13.9. The minimum Gasteiger partial charge on any atom is -0.466 e. The van der Waals surface area contributed by atoms with Gasteiger partial charge in [-0.25, -0.2) is 9.78 Å². The van der Waals surface area contributed by atoms with Crippen molar-refractivity contribution in [3.8, 4) is 11.9 Å². The fourth-order valence-electron chi connectivity index (χ4n) is 1.39. The quantitative estimate of drug-likeness (QED) is 0.724. The van der Waals surface area contributed by atoms with Crippen LogP contribution in [0.5, 0.6) is 5.88 Å². The van der Waals surface area contributed by atoms with Crippen molar-refractivity contribution in [1.29, 1.82) is 5.26 Å². The van der Waals surface area contributed by atoms with Crippen molar-refractivity contribution < 1.29 is 19.0 Å². The van der Waals surface area contributed by atoms with Crippen LogP contribution >= 0.6 is 0 Å². The number of nitriles is 1. The molecule has 0 saturated heterocycles. The lowest BCUT2D eigenvalue weighted by molar-refractivity contribution is -0.143. The standard InChI is InChI=1S/C12H14N2O4/c1-8-4-9(6-16-2)10(5-13)12(14-8)18-7-11(15)17-3/h4H,6-7H2,1-3H3. The average molecular weight is 250 g/mol. The fraction of sp³-hybridized carbons (Fsp3) is 0.417. The van der Waals surface area contributed by atoms with Gasteiger partial charge in [-0.3, -0.25) is 0 Å². The summed E-state index contributed by atoms with van der Waals surface area (Å²) in [4.78, 5) is 15.1. The summed E-state index contributed by atoms with van der Waals surface area (Å²) in [5, 5.41) is 9.10. The molecule has 1 rings (SSSR count). The molecule has 0 bridgehead atoms. The normalized spacial score (nSPS) is 9.67. The predicted molar refractivity (Wildman–Crippen MR) is 61.9 cm³/mol. The maximum Gasteiger partial charge on any atom is 0.343 e. The first-order chi connectivity index (χ1) is 8.62. The highest BCUT2D eigenvalue weighted by Gasteiger charge is 2.14. The van der Waals surface area contributed by atoms with Gasteiger partial charge in [-0.15, -0.1) is 0 Å². The van der Waals surface area contributed by atoms with E-state index in [0.717, 1.165) is 0 Å². The highest BCUT2D eigenvalue weighted by molar-refractivity contribution is 5.70. The molecular formula is C12H14N2O4. The SMILES string of the molecule is COCc1cc(C)nc(OCC(=O)OC)c1C#N. The molecule has 0 fully saturated rings. The molecular weight excluding hydrogens is 236 g/mol. The Hall–Kier alpha value is -2.13. The van der Waals surface area contributed by atoms with Gasteiger partial charge in [-0.05, 0) is 13.0 Å². The van der Waals surface area contributed by atoms with Crippen LogP contribution in [0.25, 0.3) is 0 Å². The number of aromatic nitrogens is 1. The molecule has 0 aromatic carbocycles. The van der Waals surface area contributed by atoms with Gasteiger partial charge in [0.05, 0.1) is 13.7 Å². The van der Waals surface area contributed by atoms with Gasteiger partial charge in [-0.1, -0.05) is 0 Å². The van der Waals surface area contributed by atoms with E-state index in [9.17, 15) is 4.79 Å². The molecule has 0 spiro atoms. The summed E-state index contributed by atoms with van der Waals surface area (Å²) in [6.07, 6.45) is 0. The third-order valence-electron chi connectivity index (χ3n) is 2.16. The van der Waals surface area contributed by atoms with E-state index in [1.54, 1.807) is 13.0 Å². The molecule has 0 unspecified atom stereocenters. The molecule has 0 aliphatic heterocycles. The summed E-state index contributed by atoms with van der Waals surface area (Å²) in [5.41, 5.74) is 1.62. The molecule has 1 heterocycles. The zero-order chi connectivity index (χ0) is 13.5. The Labute approximate surface area is 105 Å². The molecule has 96 valence electrons. The molecule has 0 radical (unpaired) electrons. The van der Waals surface area contributed by atoms with Gasteiger partial charge in [-0.2, -0.15) is 5.26 Å². The lowest BCUT2D eigenvalue weighted by atomic mass is 10.1. The summed E-state index contributed by atoms with van der Waals surface area (Å²) in [6.45, 7) is 1.76. The lowest BCUT2D eigenvalue weighted by Crippen LogP contribution is -2.14. The Morgan fingerprint density at radius 3 is 2.78 bits per heavy atom. The number of methoxy groups -OCH3 is 2. The Morgan fingerprint density at radius 2 is 2.22 bits per heavy atom. The summed E-state index contributed by atoms with van der Waals surface area (Å²) >= 11 is 0. The first-order valence-corrected chi connectivity index (χ1v) is 5.21. The van der Waals surface area contributed by atoms with Crippen molar-refractivity contribution in [1.82, 2.24) is 4.98 Å². The number of ether oxygens (including phenoxy) is 3. The Balaban J connectivity index is 3.02. The smallest absolute Gasteiger partial charge is 0.343 e. The number of nitrogens with zero attached hydrogens (tertiary/aromatic N) is 2. The minimum absolute atomic E-state index is 0.120. The predicted octanol–water partition coefficient (Wildman–Crippen LogP) is 0.960. The second kappa shape index (κ2) is 6.57. The second-order valence-electron chi connectivity index (χ2n) is 3.51. The summed E-state index contributed by atoms with van der Waals surface area (Å²) < 4.78 is 14.6. The molecule has 0 atom stereocenters. The molecule has 18 heavy (non-hydrogen) atoms. The molecule has 1 aromatic rings. The number of pyridine rings is 1. The van der Waals surface area contributed by atoms with Crippen LogP contribution in [0.4, 0.5) is 0 Å². The number of hydrogen-bond acceptors (Lipinski definition) is 6. The topological polar surface area (TPSA) is 81.4 Å². The van der Waals surface area contributed by atoms with Crippen molar-refractivity contribution in [3.63, 3.8) is 0 Å². The highest BCUT2D eigenvalue weighted by atomic mass is 16.6. The van der Waals surface area contributed by atoms with Crippen molar-refractivity contribution in [2.45, 2.75) is 13.5 Å². The molecule has 6 nitrogen and oxygen atoms in total. The van der Waals surface area contributed by atoms with Crippen LogP contribution in [-0.2, 0) is 20.9 Å². The Kier molecular flexibility index (Phi) is 5.08. The number of aryl methyl sites for hydroxylation is 1. The average Bonchev–Trinajstić information content (AvgIpc) is 2.36. The van der Waals surface area contributed by atoms with Crippen LogP contribution < -0.4 is 4.74 Å². The van der Waals surface area contributed by atoms with Crippen LogP contribution in [0.3, 0.4) is 0 Å². The zero-order valence-electron chi connectivity index (χ0n) is 10.5. The van der Waals surface area contributed by atoms with E-state index in [4.69, 9.17) is 14.7 Å².